The molecule has 0 aromatic heterocycles. The van der Waals surface area contributed by atoms with Crippen LogP contribution in [-0.2, 0) is 15.1 Å². The molecular formula is C19H19NO5. The number of aliphatic carboxylic acids is 1. The molecule has 130 valence electrons. The molecule has 1 heterocycles. The molecule has 2 aromatic carbocycles. The van der Waals surface area contributed by atoms with Crippen molar-refractivity contribution < 1.29 is 24.5 Å². The first-order chi connectivity index (χ1) is 12.0. The van der Waals surface area contributed by atoms with Gasteiger partial charge in [-0.05, 0) is 16.7 Å². The van der Waals surface area contributed by atoms with E-state index in [9.17, 15) is 19.8 Å². The fraction of sp³-hybridized carbons (Fsp3) is 0.263. The van der Waals surface area contributed by atoms with E-state index in [1.54, 1.807) is 0 Å². The minimum Gasteiger partial charge on any atom is -0.480 e. The van der Waals surface area contributed by atoms with Crippen LogP contribution in [0.4, 0.5) is 4.79 Å². The van der Waals surface area contributed by atoms with Crippen LogP contribution < -0.4 is 0 Å². The number of benzene rings is 2. The lowest BCUT2D eigenvalue weighted by Crippen LogP contribution is -2.40. The van der Waals surface area contributed by atoms with Crippen LogP contribution in [0.1, 0.15) is 12.0 Å². The molecule has 1 aliphatic heterocycles. The van der Waals surface area contributed by atoms with Gasteiger partial charge >= 0.3 is 12.1 Å². The lowest BCUT2D eigenvalue weighted by atomic mass is 9.89. The molecule has 0 saturated carbocycles. The zero-order valence-electron chi connectivity index (χ0n) is 13.8. The Morgan fingerprint density at radius 2 is 1.64 bits per heavy atom. The molecule has 1 aliphatic rings. The Morgan fingerprint density at radius 3 is 2.12 bits per heavy atom. The average molecular weight is 341 g/mol. The summed E-state index contributed by atoms with van der Waals surface area (Å²) in [6.07, 6.45) is -1.18. The lowest BCUT2D eigenvalue weighted by Gasteiger charge is -2.28. The molecule has 0 radical (unpaired) electrons. The summed E-state index contributed by atoms with van der Waals surface area (Å²) in [7, 11) is 1.48. The van der Waals surface area contributed by atoms with Gasteiger partial charge in [0.25, 0.3) is 0 Å². The van der Waals surface area contributed by atoms with Crippen LogP contribution in [0.2, 0.25) is 0 Å². The molecular weight excluding hydrogens is 322 g/mol. The summed E-state index contributed by atoms with van der Waals surface area (Å²) in [6, 6.07) is 16.4. The van der Waals surface area contributed by atoms with E-state index in [2.05, 4.69) is 0 Å². The standard InChI is InChI=1S/C19H19NO5/c1-25-19(11-16(17(21)22)20(12-19)18(23)24)15-9-7-14(8-10-15)13-5-3-2-4-6-13/h2-10,16H,11-12H2,1H3,(H,21,22)(H,23,24). The van der Waals surface area contributed by atoms with Crippen LogP contribution in [0.25, 0.3) is 11.1 Å². The number of carbonyl (C=O) groups is 2. The van der Waals surface area contributed by atoms with Crippen LogP contribution in [0, 0.1) is 0 Å². The molecule has 6 nitrogen and oxygen atoms in total. The second-order valence-corrected chi connectivity index (χ2v) is 6.11. The minimum atomic E-state index is -1.26. The largest absolute Gasteiger partial charge is 0.480 e. The Hall–Kier alpha value is -2.86. The highest BCUT2D eigenvalue weighted by atomic mass is 16.5. The number of hydrogen-bond acceptors (Lipinski definition) is 3. The number of methoxy groups -OCH3 is 1. The average Bonchev–Trinajstić information content (AvgIpc) is 3.05. The van der Waals surface area contributed by atoms with Crippen molar-refractivity contribution in [3.05, 3.63) is 60.2 Å². The van der Waals surface area contributed by atoms with Crippen LogP contribution in [0.15, 0.2) is 54.6 Å². The number of ether oxygens (including phenoxy) is 1. The van der Waals surface area contributed by atoms with Gasteiger partial charge in [0.15, 0.2) is 0 Å². The number of amides is 1. The van der Waals surface area contributed by atoms with Crippen molar-refractivity contribution in [2.24, 2.45) is 0 Å². The molecule has 1 amide bonds. The zero-order valence-corrected chi connectivity index (χ0v) is 13.8. The van der Waals surface area contributed by atoms with Crippen molar-refractivity contribution in [1.29, 1.82) is 0 Å². The normalized spacial score (nSPS) is 22.8. The molecule has 2 unspecified atom stereocenters. The van der Waals surface area contributed by atoms with Crippen LogP contribution >= 0.6 is 0 Å². The molecule has 6 heteroatoms. The Bertz CT molecular complexity index is 750. The molecule has 2 N–H and O–H groups in total. The quantitative estimate of drug-likeness (QED) is 0.892. The van der Waals surface area contributed by atoms with Crippen molar-refractivity contribution in [2.45, 2.75) is 18.1 Å². The second-order valence-electron chi connectivity index (χ2n) is 6.11. The molecule has 1 fully saturated rings. The van der Waals surface area contributed by atoms with Gasteiger partial charge in [-0.1, -0.05) is 54.6 Å². The monoisotopic (exact) mass is 341 g/mol. The van der Waals surface area contributed by atoms with Crippen molar-refractivity contribution in [3.8, 4) is 11.1 Å². The van der Waals surface area contributed by atoms with E-state index in [-0.39, 0.29) is 13.0 Å². The first-order valence-electron chi connectivity index (χ1n) is 7.90. The first-order valence-corrected chi connectivity index (χ1v) is 7.90. The molecule has 0 bridgehead atoms. The summed E-state index contributed by atoms with van der Waals surface area (Å²) in [5, 5.41) is 18.6. The second kappa shape index (κ2) is 6.57. The topological polar surface area (TPSA) is 87.1 Å². The van der Waals surface area contributed by atoms with E-state index >= 15 is 0 Å². The first kappa shape index (κ1) is 17.0. The number of nitrogens with zero attached hydrogens (tertiary/aromatic N) is 1. The summed E-state index contributed by atoms with van der Waals surface area (Å²) in [5.74, 6) is -1.16. The molecule has 25 heavy (non-hydrogen) atoms. The molecule has 0 spiro atoms. The molecule has 2 aromatic rings. The van der Waals surface area contributed by atoms with E-state index in [0.29, 0.717) is 0 Å². The smallest absolute Gasteiger partial charge is 0.408 e. The number of likely N-dealkylation sites (tertiary alicyclic amines) is 1. The fourth-order valence-corrected chi connectivity index (χ4v) is 3.37. The summed E-state index contributed by atoms with van der Waals surface area (Å²) in [6.45, 7) is -0.0134. The molecule has 1 saturated heterocycles. The van der Waals surface area contributed by atoms with Crippen LogP contribution in [-0.4, -0.2) is 46.9 Å². The highest BCUT2D eigenvalue weighted by molar-refractivity contribution is 5.80. The van der Waals surface area contributed by atoms with Gasteiger partial charge in [-0.2, -0.15) is 0 Å². The van der Waals surface area contributed by atoms with Crippen molar-refractivity contribution in [1.82, 2.24) is 4.90 Å². The number of hydrogen-bond donors (Lipinski definition) is 2. The number of carboxylic acid groups (broad SMARTS) is 2. The summed E-state index contributed by atoms with van der Waals surface area (Å²) >= 11 is 0. The van der Waals surface area contributed by atoms with Gasteiger partial charge < -0.3 is 14.9 Å². The minimum absolute atomic E-state index is 0.0134. The van der Waals surface area contributed by atoms with Gasteiger partial charge in [0.1, 0.15) is 11.6 Å². The van der Waals surface area contributed by atoms with Crippen molar-refractivity contribution >= 4 is 12.1 Å². The van der Waals surface area contributed by atoms with Crippen LogP contribution in [0.5, 0.6) is 0 Å². The van der Waals surface area contributed by atoms with Gasteiger partial charge in [-0.25, -0.2) is 9.59 Å². The van der Waals surface area contributed by atoms with Gasteiger partial charge in [0.2, 0.25) is 0 Å². The molecule has 2 atom stereocenters. The van der Waals surface area contributed by atoms with E-state index < -0.39 is 23.7 Å². The number of rotatable bonds is 4. The fourth-order valence-electron chi connectivity index (χ4n) is 3.37. The van der Waals surface area contributed by atoms with Gasteiger partial charge in [-0.15, -0.1) is 0 Å². The van der Waals surface area contributed by atoms with Gasteiger partial charge in [-0.3, -0.25) is 4.90 Å². The third kappa shape index (κ3) is 3.08. The van der Waals surface area contributed by atoms with Gasteiger partial charge in [0, 0.05) is 13.5 Å². The summed E-state index contributed by atoms with van der Waals surface area (Å²) in [4.78, 5) is 23.8. The molecule has 0 aliphatic carbocycles. The van der Waals surface area contributed by atoms with Crippen LogP contribution in [0.3, 0.4) is 0 Å². The maximum atomic E-state index is 11.4. The van der Waals surface area contributed by atoms with E-state index in [4.69, 9.17) is 4.74 Å². The maximum absolute atomic E-state index is 11.4. The Labute approximate surface area is 145 Å². The lowest BCUT2D eigenvalue weighted by molar-refractivity contribution is -0.141. The molecule has 3 rings (SSSR count). The maximum Gasteiger partial charge on any atom is 0.408 e. The highest BCUT2D eigenvalue weighted by Crippen LogP contribution is 2.39. The Morgan fingerprint density at radius 1 is 1.04 bits per heavy atom. The van der Waals surface area contributed by atoms with Gasteiger partial charge in [0.05, 0.1) is 6.54 Å². The third-order valence-corrected chi connectivity index (χ3v) is 4.76. The predicted octanol–water partition coefficient (Wildman–Crippen LogP) is 3.03. The zero-order chi connectivity index (χ0) is 18.0. The van der Waals surface area contributed by atoms with Crippen molar-refractivity contribution in [2.75, 3.05) is 13.7 Å². The van der Waals surface area contributed by atoms with E-state index in [1.807, 2.05) is 54.6 Å². The summed E-state index contributed by atoms with van der Waals surface area (Å²) < 4.78 is 5.62. The summed E-state index contributed by atoms with van der Waals surface area (Å²) in [5.41, 5.74) is 1.90. The van der Waals surface area contributed by atoms with E-state index in [0.717, 1.165) is 21.6 Å². The SMILES string of the molecule is COC1(c2ccc(-c3ccccc3)cc2)CC(C(=O)O)N(C(=O)O)C1. The van der Waals surface area contributed by atoms with E-state index in [1.165, 1.54) is 7.11 Å². The highest BCUT2D eigenvalue weighted by Gasteiger charge is 2.50. The van der Waals surface area contributed by atoms with Crippen molar-refractivity contribution in [3.63, 3.8) is 0 Å². The Balaban J connectivity index is 1.93. The Kier molecular flexibility index (Phi) is 4.46. The predicted molar refractivity (Wildman–Crippen MR) is 91.3 cm³/mol. The number of carboxylic acids is 1. The third-order valence-electron chi connectivity index (χ3n) is 4.76.